The van der Waals surface area contributed by atoms with Gasteiger partial charge in [-0.1, -0.05) is 29.8 Å². The van der Waals surface area contributed by atoms with Gasteiger partial charge >= 0.3 is 0 Å². The summed E-state index contributed by atoms with van der Waals surface area (Å²) in [5.41, 5.74) is 2.75. The Morgan fingerprint density at radius 1 is 1.20 bits per heavy atom. The third-order valence-electron chi connectivity index (χ3n) is 4.47. The molecule has 0 radical (unpaired) electrons. The Morgan fingerprint density at radius 3 is 2.80 bits per heavy atom. The van der Waals surface area contributed by atoms with Crippen molar-refractivity contribution in [1.82, 2.24) is 9.97 Å². The highest BCUT2D eigenvalue weighted by Crippen LogP contribution is 2.20. The van der Waals surface area contributed by atoms with Gasteiger partial charge in [-0.2, -0.15) is 0 Å². The minimum absolute atomic E-state index is 0.147. The first kappa shape index (κ1) is 17.1. The second kappa shape index (κ2) is 8.42. The first-order chi connectivity index (χ1) is 12.2. The van der Waals surface area contributed by atoms with Gasteiger partial charge in [0.2, 0.25) is 0 Å². The lowest BCUT2D eigenvalue weighted by molar-refractivity contribution is 0.0988. The van der Waals surface area contributed by atoms with E-state index in [0.29, 0.717) is 11.5 Å². The number of nitrogens with one attached hydrogen (secondary N) is 1. The third-order valence-corrected chi connectivity index (χ3v) is 4.47. The number of anilines is 2. The maximum Gasteiger partial charge on any atom is 0.276 e. The highest BCUT2D eigenvalue weighted by molar-refractivity contribution is 6.04. The SMILES string of the molecule is CN(C(=O)c1cc(NCCC2=CCCCC2)ncn1)c1ccccc1. The van der Waals surface area contributed by atoms with E-state index in [9.17, 15) is 4.79 Å². The monoisotopic (exact) mass is 336 g/mol. The fraction of sp³-hybridized carbons (Fsp3) is 0.350. The van der Waals surface area contributed by atoms with Gasteiger partial charge in [-0.05, 0) is 44.2 Å². The molecule has 1 aromatic carbocycles. The van der Waals surface area contributed by atoms with Gasteiger partial charge in [-0.15, -0.1) is 0 Å². The lowest BCUT2D eigenvalue weighted by atomic mass is 9.97. The zero-order chi connectivity index (χ0) is 17.5. The van der Waals surface area contributed by atoms with Crippen LogP contribution in [-0.4, -0.2) is 29.5 Å². The molecule has 5 heteroatoms. The largest absolute Gasteiger partial charge is 0.370 e. The van der Waals surface area contributed by atoms with Crippen LogP contribution in [0.1, 0.15) is 42.6 Å². The van der Waals surface area contributed by atoms with E-state index in [1.54, 1.807) is 18.0 Å². The molecule has 1 aromatic heterocycles. The zero-order valence-corrected chi connectivity index (χ0v) is 14.6. The van der Waals surface area contributed by atoms with Crippen molar-refractivity contribution in [3.63, 3.8) is 0 Å². The molecule has 1 amide bonds. The second-order valence-corrected chi connectivity index (χ2v) is 6.27. The maximum atomic E-state index is 12.6. The molecule has 0 atom stereocenters. The number of hydrogen-bond donors (Lipinski definition) is 1. The Balaban J connectivity index is 1.60. The number of benzene rings is 1. The standard InChI is InChI=1S/C20H24N4O/c1-24(17-10-6-3-7-11-17)20(25)18-14-19(23-15-22-18)21-13-12-16-8-4-2-5-9-16/h3,6-8,10-11,14-15H,2,4-5,9,12-13H2,1H3,(H,21,22,23). The molecule has 0 spiro atoms. The summed E-state index contributed by atoms with van der Waals surface area (Å²) in [7, 11) is 1.75. The average Bonchev–Trinajstić information content (AvgIpc) is 2.68. The van der Waals surface area contributed by atoms with Gasteiger partial charge in [-0.3, -0.25) is 4.79 Å². The third kappa shape index (κ3) is 4.66. The van der Waals surface area contributed by atoms with Crippen molar-refractivity contribution in [2.45, 2.75) is 32.1 Å². The summed E-state index contributed by atoms with van der Waals surface area (Å²) in [6.07, 6.45) is 9.83. The van der Waals surface area contributed by atoms with Crippen LogP contribution < -0.4 is 10.2 Å². The molecule has 2 aromatic rings. The van der Waals surface area contributed by atoms with Gasteiger partial charge in [0.1, 0.15) is 17.8 Å². The molecule has 0 saturated carbocycles. The fourth-order valence-electron chi connectivity index (χ4n) is 2.99. The molecule has 1 N–H and O–H groups in total. The van der Waals surface area contributed by atoms with Crippen LogP contribution in [-0.2, 0) is 0 Å². The first-order valence-electron chi connectivity index (χ1n) is 8.81. The summed E-state index contributed by atoms with van der Waals surface area (Å²) in [4.78, 5) is 22.6. The molecular weight excluding hydrogens is 312 g/mol. The van der Waals surface area contributed by atoms with E-state index in [4.69, 9.17) is 0 Å². The lowest BCUT2D eigenvalue weighted by Crippen LogP contribution is -2.27. The number of allylic oxidation sites excluding steroid dienone is 1. The van der Waals surface area contributed by atoms with Crippen LogP contribution in [0.15, 0.2) is 54.4 Å². The van der Waals surface area contributed by atoms with Crippen LogP contribution in [0, 0.1) is 0 Å². The molecule has 0 unspecified atom stereocenters. The quantitative estimate of drug-likeness (QED) is 0.808. The molecule has 0 saturated heterocycles. The van der Waals surface area contributed by atoms with Crippen molar-refractivity contribution >= 4 is 17.4 Å². The van der Waals surface area contributed by atoms with Crippen LogP contribution in [0.3, 0.4) is 0 Å². The number of aromatic nitrogens is 2. The topological polar surface area (TPSA) is 58.1 Å². The van der Waals surface area contributed by atoms with Crippen molar-refractivity contribution in [3.05, 3.63) is 60.1 Å². The van der Waals surface area contributed by atoms with Crippen molar-refractivity contribution in [2.75, 3.05) is 23.8 Å². The molecule has 0 fully saturated rings. The second-order valence-electron chi connectivity index (χ2n) is 6.27. The Labute approximate surface area is 148 Å². The van der Waals surface area contributed by atoms with Gasteiger partial charge in [-0.25, -0.2) is 9.97 Å². The van der Waals surface area contributed by atoms with Gasteiger partial charge in [0.25, 0.3) is 5.91 Å². The maximum absolute atomic E-state index is 12.6. The van der Waals surface area contributed by atoms with E-state index in [2.05, 4.69) is 21.4 Å². The van der Waals surface area contributed by atoms with Gasteiger partial charge in [0.05, 0.1) is 0 Å². The van der Waals surface area contributed by atoms with Crippen molar-refractivity contribution in [1.29, 1.82) is 0 Å². The van der Waals surface area contributed by atoms with Gasteiger partial charge < -0.3 is 10.2 Å². The van der Waals surface area contributed by atoms with Crippen LogP contribution in [0.4, 0.5) is 11.5 Å². The smallest absolute Gasteiger partial charge is 0.276 e. The number of carbonyl (C=O) groups excluding carboxylic acids is 1. The molecule has 1 aliphatic carbocycles. The minimum Gasteiger partial charge on any atom is -0.370 e. The van der Waals surface area contributed by atoms with Crippen LogP contribution >= 0.6 is 0 Å². The summed E-state index contributed by atoms with van der Waals surface area (Å²) < 4.78 is 0. The first-order valence-corrected chi connectivity index (χ1v) is 8.81. The van der Waals surface area contributed by atoms with Crippen molar-refractivity contribution < 1.29 is 4.79 Å². The van der Waals surface area contributed by atoms with E-state index < -0.39 is 0 Å². The number of nitrogens with zero attached hydrogens (tertiary/aromatic N) is 3. The fourth-order valence-corrected chi connectivity index (χ4v) is 2.99. The summed E-state index contributed by atoms with van der Waals surface area (Å²) in [5.74, 6) is 0.544. The van der Waals surface area contributed by atoms with E-state index in [1.807, 2.05) is 30.3 Å². The van der Waals surface area contributed by atoms with E-state index in [1.165, 1.54) is 37.6 Å². The van der Waals surface area contributed by atoms with Crippen LogP contribution in [0.2, 0.25) is 0 Å². The highest BCUT2D eigenvalue weighted by atomic mass is 16.2. The number of carbonyl (C=O) groups is 1. The molecule has 25 heavy (non-hydrogen) atoms. The van der Waals surface area contributed by atoms with E-state index in [-0.39, 0.29) is 5.91 Å². The summed E-state index contributed by atoms with van der Waals surface area (Å²) in [5, 5.41) is 3.30. The van der Waals surface area contributed by atoms with Crippen molar-refractivity contribution in [2.24, 2.45) is 0 Å². The normalized spacial score (nSPS) is 13.9. The van der Waals surface area contributed by atoms with E-state index >= 15 is 0 Å². The Morgan fingerprint density at radius 2 is 2.04 bits per heavy atom. The predicted octanol–water partition coefficient (Wildman–Crippen LogP) is 4.06. The summed E-state index contributed by atoms with van der Waals surface area (Å²) in [6.45, 7) is 0.824. The predicted molar refractivity (Wildman–Crippen MR) is 101 cm³/mol. The van der Waals surface area contributed by atoms with Crippen LogP contribution in [0.25, 0.3) is 0 Å². The molecule has 5 nitrogen and oxygen atoms in total. The molecular formula is C20H24N4O. The molecule has 1 aliphatic rings. The Bertz CT molecular complexity index is 742. The zero-order valence-electron chi connectivity index (χ0n) is 14.6. The van der Waals surface area contributed by atoms with Gasteiger partial charge in [0.15, 0.2) is 0 Å². The lowest BCUT2D eigenvalue weighted by Gasteiger charge is -2.17. The summed E-state index contributed by atoms with van der Waals surface area (Å²) >= 11 is 0. The number of hydrogen-bond acceptors (Lipinski definition) is 4. The molecule has 0 bridgehead atoms. The number of para-hydroxylation sites is 1. The van der Waals surface area contributed by atoms with Gasteiger partial charge in [0, 0.05) is 25.3 Å². The molecule has 130 valence electrons. The Kier molecular flexibility index (Phi) is 5.77. The number of amides is 1. The summed E-state index contributed by atoms with van der Waals surface area (Å²) in [6, 6.07) is 11.3. The molecule has 0 aliphatic heterocycles. The highest BCUT2D eigenvalue weighted by Gasteiger charge is 2.15. The van der Waals surface area contributed by atoms with Crippen LogP contribution in [0.5, 0.6) is 0 Å². The Hall–Kier alpha value is -2.69. The van der Waals surface area contributed by atoms with Crippen molar-refractivity contribution in [3.8, 4) is 0 Å². The minimum atomic E-state index is -0.147. The average molecular weight is 336 g/mol. The molecule has 3 rings (SSSR count). The number of rotatable bonds is 6. The molecule has 1 heterocycles. The van der Waals surface area contributed by atoms with E-state index in [0.717, 1.165) is 18.7 Å².